The lowest BCUT2D eigenvalue weighted by atomic mass is 9.76. The lowest BCUT2D eigenvalue weighted by Gasteiger charge is -2.36. The molecule has 0 radical (unpaired) electrons. The first-order chi connectivity index (χ1) is 8.46. The van der Waals surface area contributed by atoms with E-state index in [0.717, 1.165) is 19.6 Å². The minimum Gasteiger partial charge on any atom is -0.316 e. The summed E-state index contributed by atoms with van der Waals surface area (Å²) in [5.74, 6) is 0.701. The Labute approximate surface area is 114 Å². The highest BCUT2D eigenvalue weighted by molar-refractivity contribution is 7.09. The molecule has 1 saturated heterocycles. The van der Waals surface area contributed by atoms with Crippen molar-refractivity contribution in [3.63, 3.8) is 0 Å². The Balaban J connectivity index is 2.02. The van der Waals surface area contributed by atoms with Crippen LogP contribution >= 0.6 is 11.3 Å². The lowest BCUT2D eigenvalue weighted by molar-refractivity contribution is 0.185. The van der Waals surface area contributed by atoms with E-state index in [9.17, 15) is 0 Å². The molecule has 0 bridgehead atoms. The first-order valence-corrected chi connectivity index (χ1v) is 7.70. The zero-order valence-corrected chi connectivity index (χ0v) is 12.7. The van der Waals surface area contributed by atoms with Crippen molar-refractivity contribution in [2.75, 3.05) is 19.6 Å². The van der Waals surface area contributed by atoms with Gasteiger partial charge in [0.2, 0.25) is 0 Å². The molecule has 1 aliphatic heterocycles. The fraction of sp³-hybridized carbons (Fsp3) is 0.786. The second-order valence-corrected chi connectivity index (χ2v) is 7.15. The van der Waals surface area contributed by atoms with E-state index in [-0.39, 0.29) is 5.54 Å². The Bertz CT molecular complexity index is 364. The fourth-order valence-corrected chi connectivity index (χ4v) is 3.35. The van der Waals surface area contributed by atoms with E-state index < -0.39 is 0 Å². The van der Waals surface area contributed by atoms with Gasteiger partial charge in [-0.05, 0) is 38.1 Å². The molecule has 0 spiro atoms. The predicted molar refractivity (Wildman–Crippen MR) is 77.9 cm³/mol. The molecule has 2 N–H and O–H groups in total. The molecule has 1 fully saturated rings. The van der Waals surface area contributed by atoms with Gasteiger partial charge in [-0.15, -0.1) is 11.3 Å². The first-order valence-electron chi connectivity index (χ1n) is 6.82. The molecule has 2 rings (SSSR count). The van der Waals surface area contributed by atoms with E-state index in [1.807, 2.05) is 11.6 Å². The molecular formula is C14H25N3S. The van der Waals surface area contributed by atoms with Gasteiger partial charge in [0.1, 0.15) is 5.01 Å². The molecule has 102 valence electrons. The normalized spacial score (nSPS) is 24.9. The van der Waals surface area contributed by atoms with Crippen molar-refractivity contribution in [1.29, 1.82) is 0 Å². The molecule has 1 aliphatic rings. The molecule has 1 atom stereocenters. The van der Waals surface area contributed by atoms with Crippen LogP contribution in [0.1, 0.15) is 39.1 Å². The van der Waals surface area contributed by atoms with E-state index in [1.165, 1.54) is 11.4 Å². The van der Waals surface area contributed by atoms with Gasteiger partial charge in [0.25, 0.3) is 0 Å². The van der Waals surface area contributed by atoms with Crippen LogP contribution in [-0.2, 0) is 5.54 Å². The summed E-state index contributed by atoms with van der Waals surface area (Å²) < 4.78 is 0. The summed E-state index contributed by atoms with van der Waals surface area (Å²) in [6.07, 6.45) is 3.16. The van der Waals surface area contributed by atoms with E-state index in [0.29, 0.717) is 11.3 Å². The van der Waals surface area contributed by atoms with Crippen LogP contribution in [0.25, 0.3) is 0 Å². The number of aromatic nitrogens is 1. The number of rotatable bonds is 5. The first kappa shape index (κ1) is 14.0. The average Bonchev–Trinajstić information content (AvgIpc) is 2.99. The van der Waals surface area contributed by atoms with Crippen LogP contribution in [0.3, 0.4) is 0 Å². The van der Waals surface area contributed by atoms with Gasteiger partial charge in [-0.25, -0.2) is 4.98 Å². The summed E-state index contributed by atoms with van der Waals surface area (Å²) in [6, 6.07) is 0. The van der Waals surface area contributed by atoms with Crippen LogP contribution in [-0.4, -0.2) is 24.6 Å². The largest absolute Gasteiger partial charge is 0.316 e. The number of hydrogen-bond acceptors (Lipinski definition) is 4. The quantitative estimate of drug-likeness (QED) is 0.861. The molecule has 0 amide bonds. The van der Waals surface area contributed by atoms with Crippen molar-refractivity contribution in [2.45, 2.75) is 39.7 Å². The molecular weight excluding hydrogens is 242 g/mol. The van der Waals surface area contributed by atoms with Gasteiger partial charge < -0.3 is 10.6 Å². The predicted octanol–water partition coefficient (Wildman–Crippen LogP) is 2.60. The summed E-state index contributed by atoms with van der Waals surface area (Å²) in [7, 11) is 0. The van der Waals surface area contributed by atoms with Crippen molar-refractivity contribution in [3.8, 4) is 0 Å². The third-order valence-corrected chi connectivity index (χ3v) is 5.45. The van der Waals surface area contributed by atoms with Crippen molar-refractivity contribution < 1.29 is 0 Å². The Hall–Kier alpha value is -0.450. The highest BCUT2D eigenvalue weighted by Gasteiger charge is 2.38. The Morgan fingerprint density at radius 3 is 2.83 bits per heavy atom. The highest BCUT2D eigenvalue weighted by Crippen LogP contribution is 2.34. The van der Waals surface area contributed by atoms with Crippen molar-refractivity contribution in [1.82, 2.24) is 15.6 Å². The van der Waals surface area contributed by atoms with E-state index >= 15 is 0 Å². The summed E-state index contributed by atoms with van der Waals surface area (Å²) >= 11 is 1.73. The maximum atomic E-state index is 4.44. The molecule has 3 nitrogen and oxygen atoms in total. The van der Waals surface area contributed by atoms with Gasteiger partial charge in [-0.3, -0.25) is 0 Å². The molecule has 1 aromatic heterocycles. The zero-order valence-electron chi connectivity index (χ0n) is 11.9. The van der Waals surface area contributed by atoms with Crippen LogP contribution in [0.2, 0.25) is 0 Å². The van der Waals surface area contributed by atoms with Crippen LogP contribution < -0.4 is 10.6 Å². The van der Waals surface area contributed by atoms with Gasteiger partial charge in [0.15, 0.2) is 0 Å². The third-order valence-electron chi connectivity index (χ3n) is 4.35. The molecule has 4 heteroatoms. The third kappa shape index (κ3) is 2.76. The zero-order chi connectivity index (χ0) is 13.2. The topological polar surface area (TPSA) is 37.0 Å². The summed E-state index contributed by atoms with van der Waals surface area (Å²) in [5, 5.41) is 10.5. The van der Waals surface area contributed by atoms with Gasteiger partial charge in [0, 0.05) is 24.7 Å². The fourth-order valence-electron chi connectivity index (χ4n) is 2.62. The van der Waals surface area contributed by atoms with Crippen LogP contribution in [0.4, 0.5) is 0 Å². The van der Waals surface area contributed by atoms with Crippen LogP contribution in [0, 0.1) is 11.3 Å². The van der Waals surface area contributed by atoms with Crippen LogP contribution in [0.5, 0.6) is 0 Å². The minimum absolute atomic E-state index is 0.0291. The minimum atomic E-state index is -0.0291. The van der Waals surface area contributed by atoms with Crippen molar-refractivity contribution in [3.05, 3.63) is 16.6 Å². The summed E-state index contributed by atoms with van der Waals surface area (Å²) in [4.78, 5) is 4.44. The van der Waals surface area contributed by atoms with Gasteiger partial charge in [-0.1, -0.05) is 13.8 Å². The maximum Gasteiger partial charge on any atom is 0.112 e. The number of hydrogen-bond donors (Lipinski definition) is 2. The van der Waals surface area contributed by atoms with Gasteiger partial charge in [-0.2, -0.15) is 0 Å². The highest BCUT2D eigenvalue weighted by atomic mass is 32.1. The molecule has 0 saturated carbocycles. The standard InChI is InChI=1S/C14H25N3S/c1-11(2)14(5-6-15-9-14)10-17-13(3,4)12-16-7-8-18-12/h7-8,11,15,17H,5-6,9-10H2,1-4H3. The molecule has 0 aliphatic carbocycles. The van der Waals surface area contributed by atoms with Gasteiger partial charge >= 0.3 is 0 Å². The summed E-state index contributed by atoms with van der Waals surface area (Å²) in [5.41, 5.74) is 0.368. The molecule has 18 heavy (non-hydrogen) atoms. The Kier molecular flexibility index (Phi) is 4.09. The smallest absolute Gasteiger partial charge is 0.112 e. The number of thiazole rings is 1. The molecule has 2 heterocycles. The molecule has 1 unspecified atom stereocenters. The van der Waals surface area contributed by atoms with E-state index in [1.54, 1.807) is 11.3 Å². The van der Waals surface area contributed by atoms with Gasteiger partial charge in [0.05, 0.1) is 5.54 Å². The average molecular weight is 267 g/mol. The second-order valence-electron chi connectivity index (χ2n) is 6.26. The van der Waals surface area contributed by atoms with Crippen molar-refractivity contribution in [2.24, 2.45) is 11.3 Å². The SMILES string of the molecule is CC(C)C1(CNC(C)(C)c2nccs2)CCNC1. The number of nitrogens with zero attached hydrogens (tertiary/aromatic N) is 1. The Morgan fingerprint density at radius 1 is 1.56 bits per heavy atom. The molecule has 0 aromatic carbocycles. The monoisotopic (exact) mass is 267 g/mol. The summed E-state index contributed by atoms with van der Waals surface area (Å²) in [6.45, 7) is 12.5. The maximum absolute atomic E-state index is 4.44. The van der Waals surface area contributed by atoms with E-state index in [2.05, 4.69) is 43.3 Å². The van der Waals surface area contributed by atoms with E-state index in [4.69, 9.17) is 0 Å². The second kappa shape index (κ2) is 5.27. The van der Waals surface area contributed by atoms with Crippen molar-refractivity contribution >= 4 is 11.3 Å². The molecule has 1 aromatic rings. The van der Waals surface area contributed by atoms with Crippen LogP contribution in [0.15, 0.2) is 11.6 Å². The number of nitrogens with one attached hydrogen (secondary N) is 2. The Morgan fingerprint density at radius 2 is 2.33 bits per heavy atom. The lowest BCUT2D eigenvalue weighted by Crippen LogP contribution is -2.47.